The Morgan fingerprint density at radius 2 is 1.92 bits per heavy atom. The number of hydrogen-bond donors (Lipinski definition) is 1. The Balaban J connectivity index is 1.40. The van der Waals surface area contributed by atoms with Crippen molar-refractivity contribution in [1.29, 1.82) is 0 Å². The molecule has 2 aliphatic rings. The molecule has 144 valence electrons. The molecule has 3 rings (SSSR count). The van der Waals surface area contributed by atoms with Gasteiger partial charge in [-0.15, -0.1) is 0 Å². The van der Waals surface area contributed by atoms with Gasteiger partial charge in [0.2, 0.25) is 5.91 Å². The molecule has 1 aromatic carbocycles. The van der Waals surface area contributed by atoms with Crippen LogP contribution in [0.3, 0.4) is 0 Å². The molecule has 0 radical (unpaired) electrons. The molecule has 0 aliphatic carbocycles. The third-order valence-corrected chi connectivity index (χ3v) is 5.73. The second-order valence-corrected chi connectivity index (χ2v) is 8.12. The molecular weight excluding hydrogens is 324 g/mol. The summed E-state index contributed by atoms with van der Waals surface area (Å²) in [4.78, 5) is 14.9. The summed E-state index contributed by atoms with van der Waals surface area (Å²) in [6.45, 7) is 7.41. The third-order valence-electron chi connectivity index (χ3n) is 5.73. The number of amides is 1. The van der Waals surface area contributed by atoms with E-state index in [1.807, 2.05) is 26.0 Å². The molecule has 4 nitrogen and oxygen atoms in total. The highest BCUT2D eigenvalue weighted by Gasteiger charge is 2.32. The van der Waals surface area contributed by atoms with Crippen LogP contribution in [0.1, 0.15) is 57.9 Å². The van der Waals surface area contributed by atoms with Gasteiger partial charge < -0.3 is 15.0 Å². The Labute approximate surface area is 158 Å². The number of rotatable bonds is 7. The number of piperidine rings is 2. The van der Waals surface area contributed by atoms with Crippen LogP contribution >= 0.6 is 0 Å². The quantitative estimate of drug-likeness (QED) is 0.806. The van der Waals surface area contributed by atoms with Crippen molar-refractivity contribution in [2.75, 3.05) is 19.6 Å². The maximum absolute atomic E-state index is 12.3. The number of carbonyl (C=O) groups excluding carboxylic acids is 1. The molecule has 1 amide bonds. The first-order valence-electron chi connectivity index (χ1n) is 10.4. The van der Waals surface area contributed by atoms with Crippen molar-refractivity contribution >= 4 is 5.91 Å². The zero-order chi connectivity index (χ0) is 18.4. The van der Waals surface area contributed by atoms with E-state index in [-0.39, 0.29) is 12.0 Å². The van der Waals surface area contributed by atoms with Crippen LogP contribution in [0.4, 0.5) is 0 Å². The van der Waals surface area contributed by atoms with E-state index in [2.05, 4.69) is 22.3 Å². The first-order valence-corrected chi connectivity index (χ1v) is 10.4. The van der Waals surface area contributed by atoms with Crippen LogP contribution in [-0.2, 0) is 11.2 Å². The van der Waals surface area contributed by atoms with E-state index in [1.54, 1.807) is 0 Å². The normalized spacial score (nSPS) is 23.5. The summed E-state index contributed by atoms with van der Waals surface area (Å²) in [5, 5.41) is 3.20. The maximum Gasteiger partial charge on any atom is 0.220 e. The van der Waals surface area contributed by atoms with Gasteiger partial charge in [0.1, 0.15) is 5.75 Å². The molecular formula is C22H34N2O2. The average Bonchev–Trinajstić information content (AvgIpc) is 2.65. The van der Waals surface area contributed by atoms with Gasteiger partial charge >= 0.3 is 0 Å². The van der Waals surface area contributed by atoms with E-state index in [0.717, 1.165) is 18.7 Å². The number of carbonyl (C=O) groups is 1. The average molecular weight is 359 g/mol. The van der Waals surface area contributed by atoms with Crippen molar-refractivity contribution < 1.29 is 9.53 Å². The highest BCUT2D eigenvalue weighted by atomic mass is 16.5. The van der Waals surface area contributed by atoms with Gasteiger partial charge in [-0.1, -0.05) is 18.6 Å². The smallest absolute Gasteiger partial charge is 0.220 e. The fraction of sp³-hybridized carbons (Fsp3) is 0.682. The van der Waals surface area contributed by atoms with E-state index in [1.165, 1.54) is 50.8 Å². The van der Waals surface area contributed by atoms with Crippen molar-refractivity contribution in [3.8, 4) is 5.75 Å². The van der Waals surface area contributed by atoms with Crippen LogP contribution in [0.25, 0.3) is 0 Å². The van der Waals surface area contributed by atoms with Gasteiger partial charge in [0, 0.05) is 19.0 Å². The molecule has 0 saturated carbocycles. The molecule has 2 fully saturated rings. The first-order chi connectivity index (χ1) is 12.6. The second kappa shape index (κ2) is 9.40. The SMILES string of the molecule is CC(C)Oc1ccc(CCC(=O)NC[C@@H]2CCCN3CCCC[C@@H]23)cc1. The second-order valence-electron chi connectivity index (χ2n) is 8.12. The number of nitrogens with zero attached hydrogens (tertiary/aromatic N) is 1. The summed E-state index contributed by atoms with van der Waals surface area (Å²) < 4.78 is 5.66. The Morgan fingerprint density at radius 1 is 1.15 bits per heavy atom. The molecule has 26 heavy (non-hydrogen) atoms. The monoisotopic (exact) mass is 358 g/mol. The zero-order valence-corrected chi connectivity index (χ0v) is 16.4. The van der Waals surface area contributed by atoms with E-state index in [4.69, 9.17) is 4.74 Å². The molecule has 2 heterocycles. The lowest BCUT2D eigenvalue weighted by molar-refractivity contribution is -0.121. The lowest BCUT2D eigenvalue weighted by Gasteiger charge is -2.44. The van der Waals surface area contributed by atoms with Crippen molar-refractivity contribution in [3.05, 3.63) is 29.8 Å². The van der Waals surface area contributed by atoms with Crippen LogP contribution in [0, 0.1) is 5.92 Å². The first kappa shape index (κ1) is 19.2. The molecule has 2 atom stereocenters. The van der Waals surface area contributed by atoms with E-state index < -0.39 is 0 Å². The van der Waals surface area contributed by atoms with Gasteiger partial charge in [-0.3, -0.25) is 4.79 Å². The predicted molar refractivity (Wildman–Crippen MR) is 105 cm³/mol. The minimum absolute atomic E-state index is 0.181. The lowest BCUT2D eigenvalue weighted by Crippen LogP contribution is -2.51. The Hall–Kier alpha value is -1.55. The third kappa shape index (κ3) is 5.47. The molecule has 0 unspecified atom stereocenters. The molecule has 0 bridgehead atoms. The maximum atomic E-state index is 12.3. The largest absolute Gasteiger partial charge is 0.491 e. The van der Waals surface area contributed by atoms with E-state index in [9.17, 15) is 4.79 Å². The number of nitrogens with one attached hydrogen (secondary N) is 1. The predicted octanol–water partition coefficient (Wildman–Crippen LogP) is 3.79. The molecule has 4 heteroatoms. The van der Waals surface area contributed by atoms with Crippen molar-refractivity contribution in [1.82, 2.24) is 10.2 Å². The van der Waals surface area contributed by atoms with Crippen LogP contribution in [0.2, 0.25) is 0 Å². The summed E-state index contributed by atoms with van der Waals surface area (Å²) in [5.74, 6) is 1.71. The zero-order valence-electron chi connectivity index (χ0n) is 16.4. The van der Waals surface area contributed by atoms with Gasteiger partial charge in [-0.2, -0.15) is 0 Å². The van der Waals surface area contributed by atoms with Gasteiger partial charge in [0.05, 0.1) is 6.10 Å². The molecule has 0 spiro atoms. The van der Waals surface area contributed by atoms with Crippen molar-refractivity contribution in [2.24, 2.45) is 5.92 Å². The number of hydrogen-bond acceptors (Lipinski definition) is 3. The molecule has 2 aliphatic heterocycles. The Morgan fingerprint density at radius 3 is 2.69 bits per heavy atom. The molecule has 1 N–H and O–H groups in total. The standard InChI is InChI=1S/C22H34N2O2/c1-17(2)26-20-11-8-18(9-12-20)10-13-22(25)23-16-19-6-5-15-24-14-4-3-7-21(19)24/h8-9,11-12,17,19,21H,3-7,10,13-16H2,1-2H3,(H,23,25)/t19-,21-/m0/s1. The highest BCUT2D eigenvalue weighted by Crippen LogP contribution is 2.30. The number of benzene rings is 1. The van der Waals surface area contributed by atoms with Crippen LogP contribution in [0.15, 0.2) is 24.3 Å². The topological polar surface area (TPSA) is 41.6 Å². The van der Waals surface area contributed by atoms with E-state index in [0.29, 0.717) is 18.4 Å². The number of ether oxygens (including phenoxy) is 1. The van der Waals surface area contributed by atoms with Gasteiger partial charge in [-0.05, 0) is 82.7 Å². The van der Waals surface area contributed by atoms with Gasteiger partial charge in [0.25, 0.3) is 0 Å². The molecule has 2 saturated heterocycles. The Bertz CT molecular complexity index is 568. The van der Waals surface area contributed by atoms with Crippen molar-refractivity contribution in [3.63, 3.8) is 0 Å². The fourth-order valence-corrected chi connectivity index (χ4v) is 4.41. The Kier molecular flexibility index (Phi) is 6.95. The lowest BCUT2D eigenvalue weighted by atomic mass is 9.83. The van der Waals surface area contributed by atoms with Gasteiger partial charge in [-0.25, -0.2) is 0 Å². The summed E-state index contributed by atoms with van der Waals surface area (Å²) in [6, 6.07) is 8.81. The van der Waals surface area contributed by atoms with Crippen LogP contribution in [-0.4, -0.2) is 42.6 Å². The summed E-state index contributed by atoms with van der Waals surface area (Å²) >= 11 is 0. The minimum Gasteiger partial charge on any atom is -0.491 e. The van der Waals surface area contributed by atoms with Gasteiger partial charge in [0.15, 0.2) is 0 Å². The van der Waals surface area contributed by atoms with Crippen LogP contribution < -0.4 is 10.1 Å². The summed E-state index contributed by atoms with van der Waals surface area (Å²) in [7, 11) is 0. The molecule has 1 aromatic rings. The van der Waals surface area contributed by atoms with Crippen molar-refractivity contribution in [2.45, 2.75) is 70.9 Å². The minimum atomic E-state index is 0.181. The number of fused-ring (bicyclic) bond motifs is 1. The fourth-order valence-electron chi connectivity index (χ4n) is 4.41. The molecule has 0 aromatic heterocycles. The summed E-state index contributed by atoms with van der Waals surface area (Å²) in [6.07, 6.45) is 8.08. The highest BCUT2D eigenvalue weighted by molar-refractivity contribution is 5.76. The van der Waals surface area contributed by atoms with E-state index >= 15 is 0 Å². The number of aryl methyl sites for hydroxylation is 1. The van der Waals surface area contributed by atoms with Crippen LogP contribution in [0.5, 0.6) is 5.75 Å². The summed E-state index contributed by atoms with van der Waals surface area (Å²) in [5.41, 5.74) is 1.19.